The van der Waals surface area contributed by atoms with Gasteiger partial charge in [0.15, 0.2) is 0 Å². The Morgan fingerprint density at radius 2 is 0.877 bits per heavy atom. The molecule has 0 spiro atoms. The highest BCUT2D eigenvalue weighted by Gasteiger charge is 2.04. The number of aryl methyl sites for hydroxylation is 2. The van der Waals surface area contributed by atoms with Gasteiger partial charge in [-0.2, -0.15) is 0 Å². The summed E-state index contributed by atoms with van der Waals surface area (Å²) in [5, 5.41) is 0. The summed E-state index contributed by atoms with van der Waals surface area (Å²) in [6, 6.07) is 18.1. The Morgan fingerprint density at radius 1 is 0.491 bits per heavy atom. The first-order valence-corrected chi connectivity index (χ1v) is 24.3. The Balaban J connectivity index is 0.00000799. The third kappa shape index (κ3) is 30.8. The predicted molar refractivity (Wildman–Crippen MR) is 258 cm³/mol. The molecule has 57 heavy (non-hydrogen) atoms. The molecule has 0 amide bonds. The van der Waals surface area contributed by atoms with Crippen LogP contribution in [-0.4, -0.2) is 31.1 Å². The summed E-state index contributed by atoms with van der Waals surface area (Å²) >= 11 is 0. The number of likely N-dealkylation sites (N-methyl/N-ethyl adjacent to an activating group) is 1. The molecule has 0 bridgehead atoms. The lowest BCUT2D eigenvalue weighted by Gasteiger charge is -2.20. The molecule has 2 rings (SSSR count). The van der Waals surface area contributed by atoms with Crippen LogP contribution in [0, 0.1) is 0 Å². The molecule has 0 aliphatic carbocycles. The van der Waals surface area contributed by atoms with E-state index in [0.717, 1.165) is 38.2 Å². The van der Waals surface area contributed by atoms with E-state index in [9.17, 15) is 0 Å². The quantitative estimate of drug-likeness (QED) is 0.0385. The van der Waals surface area contributed by atoms with E-state index in [-0.39, 0.29) is 0 Å². The number of nitrogens with zero attached hydrogens (tertiary/aromatic N) is 1. The van der Waals surface area contributed by atoms with Crippen LogP contribution in [0.5, 0.6) is 0 Å². The summed E-state index contributed by atoms with van der Waals surface area (Å²) < 4.78 is 5.97. The molecule has 0 saturated heterocycles. The minimum Gasteiger partial charge on any atom is -0.493 e. The lowest BCUT2D eigenvalue weighted by molar-refractivity contribution is 0.168. The number of benzene rings is 2. The minimum atomic E-state index is 0.658. The van der Waals surface area contributed by atoms with E-state index in [4.69, 9.17) is 4.74 Å². The standard InChI is InChI=1S/C53H85NO.C2H6/c1-6-9-11-13-15-17-19-21-23-25-27-31-50-37-41-52(42-38-50)35-33-48(4)30-29-45-54(8-3)46-47-55-49(5)34-36-53-43-39-51(40-44-53)32-28-26-24-22-20-18-16-14-12-10-7-2;1-2/h33-44H,4-32,45-47H2,1-3H3;1-2H3/b35-33+,36-34+;. The van der Waals surface area contributed by atoms with Crippen molar-refractivity contribution in [2.24, 2.45) is 0 Å². The Morgan fingerprint density at radius 3 is 1.28 bits per heavy atom. The van der Waals surface area contributed by atoms with Crippen LogP contribution in [0.4, 0.5) is 0 Å². The molecule has 0 aliphatic rings. The SMILES string of the molecule is C=C(/C=C/c1ccc(CCCCCCCCCCCCC)cc1)CCCN(CC)CCOC(=C)/C=C/c1ccc(CCCCCCCCCCCCC)cc1.CC. The van der Waals surface area contributed by atoms with Gasteiger partial charge in [0.2, 0.25) is 0 Å². The van der Waals surface area contributed by atoms with Gasteiger partial charge >= 0.3 is 0 Å². The molecule has 0 saturated carbocycles. The van der Waals surface area contributed by atoms with Crippen molar-refractivity contribution in [3.05, 3.63) is 107 Å². The summed E-state index contributed by atoms with van der Waals surface area (Å²) in [7, 11) is 0. The molecular formula is C55H91NO. The van der Waals surface area contributed by atoms with Crippen LogP contribution in [-0.2, 0) is 17.6 Å². The van der Waals surface area contributed by atoms with Crippen LogP contribution >= 0.6 is 0 Å². The Labute approximate surface area is 355 Å². The molecule has 0 N–H and O–H groups in total. The van der Waals surface area contributed by atoms with E-state index in [0.29, 0.717) is 6.61 Å². The average molecular weight is 782 g/mol. The zero-order valence-electron chi connectivity index (χ0n) is 38.4. The van der Waals surface area contributed by atoms with E-state index in [1.807, 2.05) is 19.9 Å². The number of unbranched alkanes of at least 4 members (excludes halogenated alkanes) is 20. The number of ether oxygens (including phenoxy) is 1. The van der Waals surface area contributed by atoms with Crippen LogP contribution in [0.3, 0.4) is 0 Å². The number of hydrogen-bond donors (Lipinski definition) is 0. The molecule has 2 aromatic carbocycles. The third-order valence-corrected chi connectivity index (χ3v) is 11.2. The molecular weight excluding hydrogens is 691 g/mol. The highest BCUT2D eigenvalue weighted by molar-refractivity contribution is 5.53. The van der Waals surface area contributed by atoms with Gasteiger partial charge in [0.25, 0.3) is 0 Å². The first-order valence-electron chi connectivity index (χ1n) is 24.3. The van der Waals surface area contributed by atoms with Gasteiger partial charge in [-0.05, 0) is 79.9 Å². The van der Waals surface area contributed by atoms with Crippen molar-refractivity contribution in [1.29, 1.82) is 0 Å². The Hall–Kier alpha value is -2.84. The maximum absolute atomic E-state index is 5.97. The van der Waals surface area contributed by atoms with Crippen molar-refractivity contribution in [3.63, 3.8) is 0 Å². The van der Waals surface area contributed by atoms with Gasteiger partial charge in [0, 0.05) is 6.54 Å². The zero-order valence-corrected chi connectivity index (χ0v) is 38.4. The molecule has 0 aliphatic heterocycles. The van der Waals surface area contributed by atoms with Gasteiger partial charge < -0.3 is 9.64 Å². The van der Waals surface area contributed by atoms with E-state index < -0.39 is 0 Å². The number of allylic oxidation sites excluding steroid dienone is 3. The van der Waals surface area contributed by atoms with Crippen molar-refractivity contribution >= 4 is 12.2 Å². The number of hydrogen-bond acceptors (Lipinski definition) is 2. The first-order chi connectivity index (χ1) is 28.0. The van der Waals surface area contributed by atoms with Gasteiger partial charge in [0.1, 0.15) is 12.4 Å². The van der Waals surface area contributed by atoms with Crippen LogP contribution in [0.15, 0.2) is 85.2 Å². The monoisotopic (exact) mass is 782 g/mol. The summed E-state index contributed by atoms with van der Waals surface area (Å²) in [4.78, 5) is 2.46. The normalized spacial score (nSPS) is 11.4. The fourth-order valence-corrected chi connectivity index (χ4v) is 7.38. The molecule has 0 heterocycles. The van der Waals surface area contributed by atoms with Gasteiger partial charge in [0.05, 0.1) is 0 Å². The van der Waals surface area contributed by atoms with E-state index in [1.165, 1.54) is 182 Å². The van der Waals surface area contributed by atoms with Crippen molar-refractivity contribution in [3.8, 4) is 0 Å². The fraction of sp³-hybridized carbons (Fsp3) is 0.636. The topological polar surface area (TPSA) is 12.5 Å². The zero-order chi connectivity index (χ0) is 41.4. The largest absolute Gasteiger partial charge is 0.493 e. The second-order valence-electron chi connectivity index (χ2n) is 16.2. The maximum atomic E-state index is 5.97. The van der Waals surface area contributed by atoms with Crippen LogP contribution in [0.1, 0.15) is 211 Å². The van der Waals surface area contributed by atoms with Gasteiger partial charge in [-0.3, -0.25) is 0 Å². The Kier molecular flexibility index (Phi) is 35.4. The summed E-state index contributed by atoms with van der Waals surface area (Å²) in [5.41, 5.74) is 6.56. The molecule has 2 nitrogen and oxygen atoms in total. The summed E-state index contributed by atoms with van der Waals surface area (Å²) in [5.74, 6) is 0.724. The molecule has 0 fully saturated rings. The van der Waals surface area contributed by atoms with E-state index in [2.05, 4.69) is 106 Å². The second-order valence-corrected chi connectivity index (χ2v) is 16.2. The molecule has 0 unspecified atom stereocenters. The van der Waals surface area contributed by atoms with Gasteiger partial charge in [-0.1, -0.05) is 249 Å². The molecule has 2 aromatic rings. The van der Waals surface area contributed by atoms with Crippen molar-refractivity contribution in [1.82, 2.24) is 4.90 Å². The van der Waals surface area contributed by atoms with Crippen LogP contribution < -0.4 is 0 Å². The van der Waals surface area contributed by atoms with Crippen molar-refractivity contribution in [2.75, 3.05) is 26.2 Å². The molecule has 322 valence electrons. The van der Waals surface area contributed by atoms with Crippen LogP contribution in [0.25, 0.3) is 12.2 Å². The molecule has 0 radical (unpaired) electrons. The summed E-state index contributed by atoms with van der Waals surface area (Å²) in [6.07, 6.45) is 43.8. The highest BCUT2D eigenvalue weighted by atomic mass is 16.5. The minimum absolute atomic E-state index is 0.658. The second kappa shape index (κ2) is 38.7. The fourth-order valence-electron chi connectivity index (χ4n) is 7.38. The molecule has 0 aromatic heterocycles. The lowest BCUT2D eigenvalue weighted by atomic mass is 10.0. The predicted octanol–water partition coefficient (Wildman–Crippen LogP) is 17.3. The number of rotatable bonds is 37. The molecule has 2 heteroatoms. The Bertz CT molecular complexity index is 1150. The first kappa shape index (κ1) is 52.2. The molecule has 0 atom stereocenters. The van der Waals surface area contributed by atoms with Crippen LogP contribution in [0.2, 0.25) is 0 Å². The van der Waals surface area contributed by atoms with E-state index in [1.54, 1.807) is 0 Å². The maximum Gasteiger partial charge on any atom is 0.112 e. The smallest absolute Gasteiger partial charge is 0.112 e. The van der Waals surface area contributed by atoms with Gasteiger partial charge in [-0.25, -0.2) is 0 Å². The van der Waals surface area contributed by atoms with Gasteiger partial charge in [-0.15, -0.1) is 0 Å². The third-order valence-electron chi connectivity index (χ3n) is 11.2. The summed E-state index contributed by atoms with van der Waals surface area (Å²) in [6.45, 7) is 22.9. The van der Waals surface area contributed by atoms with Crippen molar-refractivity contribution < 1.29 is 4.74 Å². The van der Waals surface area contributed by atoms with Crippen molar-refractivity contribution in [2.45, 2.75) is 202 Å². The lowest BCUT2D eigenvalue weighted by Crippen LogP contribution is -2.28. The highest BCUT2D eigenvalue weighted by Crippen LogP contribution is 2.17. The van der Waals surface area contributed by atoms with E-state index >= 15 is 0 Å². The average Bonchev–Trinajstić information content (AvgIpc) is 3.24.